The molecule has 0 atom stereocenters. The fourth-order valence-electron chi connectivity index (χ4n) is 1.67. The second-order valence-corrected chi connectivity index (χ2v) is 7.95. The van der Waals surface area contributed by atoms with Crippen molar-refractivity contribution in [3.8, 4) is 0 Å². The van der Waals surface area contributed by atoms with E-state index in [9.17, 15) is 9.59 Å². The first kappa shape index (κ1) is 21.4. The molecule has 2 amide bonds. The molecular weight excluding hydrogens is 369 g/mol. The highest BCUT2D eigenvalue weighted by Crippen LogP contribution is 2.26. The van der Waals surface area contributed by atoms with Crippen LogP contribution < -0.4 is 4.90 Å². The van der Waals surface area contributed by atoms with Gasteiger partial charge in [-0.25, -0.2) is 9.59 Å². The van der Waals surface area contributed by atoms with Crippen LogP contribution in [0.2, 0.25) is 10.3 Å². The molecule has 1 aromatic heterocycles. The van der Waals surface area contributed by atoms with Crippen LogP contribution in [0, 0.1) is 0 Å². The summed E-state index contributed by atoms with van der Waals surface area (Å²) in [6.07, 6.45) is -1.48. The zero-order valence-corrected chi connectivity index (χ0v) is 16.9. The predicted molar refractivity (Wildman–Crippen MR) is 96.4 cm³/mol. The third-order valence-electron chi connectivity index (χ3n) is 2.60. The van der Waals surface area contributed by atoms with E-state index in [1.165, 1.54) is 0 Å². The average Bonchev–Trinajstić information content (AvgIpc) is 2.33. The number of carbonyl (C=O) groups is 2. The molecule has 7 nitrogen and oxygen atoms in total. The van der Waals surface area contributed by atoms with Gasteiger partial charge in [0, 0.05) is 5.56 Å². The number of aromatic nitrogens is 2. The van der Waals surface area contributed by atoms with Gasteiger partial charge in [0.1, 0.15) is 21.5 Å². The van der Waals surface area contributed by atoms with Crippen molar-refractivity contribution in [2.24, 2.45) is 0 Å². The van der Waals surface area contributed by atoms with Crippen molar-refractivity contribution in [1.82, 2.24) is 9.97 Å². The van der Waals surface area contributed by atoms with Crippen molar-refractivity contribution in [3.05, 3.63) is 15.9 Å². The molecule has 0 N–H and O–H groups in total. The Morgan fingerprint density at radius 2 is 1.28 bits per heavy atom. The number of imide groups is 1. The summed E-state index contributed by atoms with van der Waals surface area (Å²) in [6, 6.07) is 0. The van der Waals surface area contributed by atoms with E-state index < -0.39 is 23.4 Å². The highest BCUT2D eigenvalue weighted by Gasteiger charge is 2.35. The fourth-order valence-corrected chi connectivity index (χ4v) is 2.31. The van der Waals surface area contributed by atoms with Crippen molar-refractivity contribution in [2.45, 2.75) is 66.1 Å². The monoisotopic (exact) mass is 391 g/mol. The standard InChI is InChI=1S/C16H23Cl2N3O4/c1-8-9-10(17)19-12(20-11(9)18)21(13(22)24-15(2,3)4)14(23)25-16(5,6)7/h8H2,1-7H3. The molecule has 0 aliphatic heterocycles. The maximum Gasteiger partial charge on any atom is 0.427 e. The number of ether oxygens (including phenoxy) is 2. The van der Waals surface area contributed by atoms with E-state index in [0.717, 1.165) is 0 Å². The van der Waals surface area contributed by atoms with Crippen molar-refractivity contribution >= 4 is 41.3 Å². The van der Waals surface area contributed by atoms with Gasteiger partial charge < -0.3 is 9.47 Å². The van der Waals surface area contributed by atoms with Gasteiger partial charge in [-0.05, 0) is 48.0 Å². The van der Waals surface area contributed by atoms with Gasteiger partial charge in [-0.15, -0.1) is 4.90 Å². The van der Waals surface area contributed by atoms with Crippen LogP contribution in [-0.2, 0) is 15.9 Å². The normalized spacial score (nSPS) is 11.9. The Bertz CT molecular complexity index is 615. The topological polar surface area (TPSA) is 81.6 Å². The number of anilines is 1. The van der Waals surface area contributed by atoms with Crippen molar-refractivity contribution in [3.63, 3.8) is 0 Å². The number of nitrogens with zero attached hydrogens (tertiary/aromatic N) is 3. The minimum atomic E-state index is -0.988. The molecule has 0 saturated carbocycles. The maximum atomic E-state index is 12.5. The van der Waals surface area contributed by atoms with Gasteiger partial charge in [0.2, 0.25) is 5.95 Å². The largest absolute Gasteiger partial charge is 0.443 e. The van der Waals surface area contributed by atoms with Crippen LogP contribution >= 0.6 is 23.2 Å². The Balaban J connectivity index is 3.36. The molecule has 140 valence electrons. The second-order valence-electron chi connectivity index (χ2n) is 7.23. The quantitative estimate of drug-likeness (QED) is 0.657. The van der Waals surface area contributed by atoms with Crippen LogP contribution in [-0.4, -0.2) is 33.4 Å². The van der Waals surface area contributed by atoms with E-state index in [1.54, 1.807) is 41.5 Å². The highest BCUT2D eigenvalue weighted by atomic mass is 35.5. The van der Waals surface area contributed by atoms with E-state index in [4.69, 9.17) is 32.7 Å². The summed E-state index contributed by atoms with van der Waals surface area (Å²) in [5, 5.41) is 0.101. The lowest BCUT2D eigenvalue weighted by Crippen LogP contribution is -2.44. The van der Waals surface area contributed by atoms with E-state index in [-0.39, 0.29) is 16.3 Å². The Morgan fingerprint density at radius 1 is 0.920 bits per heavy atom. The number of hydrogen-bond donors (Lipinski definition) is 0. The van der Waals surface area contributed by atoms with Crippen LogP contribution in [0.25, 0.3) is 0 Å². The summed E-state index contributed by atoms with van der Waals surface area (Å²) in [6.45, 7) is 11.8. The van der Waals surface area contributed by atoms with Crippen molar-refractivity contribution in [1.29, 1.82) is 0 Å². The molecule has 0 unspecified atom stereocenters. The molecule has 1 rings (SSSR count). The third-order valence-corrected chi connectivity index (χ3v) is 3.23. The van der Waals surface area contributed by atoms with Crippen molar-refractivity contribution in [2.75, 3.05) is 4.90 Å². The summed E-state index contributed by atoms with van der Waals surface area (Å²) in [7, 11) is 0. The van der Waals surface area contributed by atoms with Gasteiger partial charge in [-0.3, -0.25) is 0 Å². The zero-order valence-electron chi connectivity index (χ0n) is 15.4. The minimum absolute atomic E-state index is 0.0506. The van der Waals surface area contributed by atoms with Gasteiger partial charge in [-0.2, -0.15) is 9.97 Å². The molecule has 0 bridgehead atoms. The van der Waals surface area contributed by atoms with Crippen LogP contribution in [0.3, 0.4) is 0 Å². The van der Waals surface area contributed by atoms with E-state index >= 15 is 0 Å². The molecule has 25 heavy (non-hydrogen) atoms. The zero-order chi connectivity index (χ0) is 19.6. The van der Waals surface area contributed by atoms with Gasteiger partial charge in [0.25, 0.3) is 0 Å². The van der Waals surface area contributed by atoms with Gasteiger partial charge in [0.05, 0.1) is 0 Å². The molecule has 0 saturated heterocycles. The Hall–Kier alpha value is -1.60. The molecule has 1 aromatic rings. The summed E-state index contributed by atoms with van der Waals surface area (Å²) in [4.78, 5) is 33.6. The summed E-state index contributed by atoms with van der Waals surface area (Å²) < 4.78 is 10.5. The fraction of sp³-hybridized carbons (Fsp3) is 0.625. The van der Waals surface area contributed by atoms with E-state index in [2.05, 4.69) is 9.97 Å². The number of carbonyl (C=O) groups excluding carboxylic acids is 2. The molecule has 0 radical (unpaired) electrons. The lowest BCUT2D eigenvalue weighted by molar-refractivity contribution is 0.0427. The number of halogens is 2. The molecule has 0 aliphatic rings. The summed E-state index contributed by atoms with van der Waals surface area (Å²) in [5.74, 6) is -0.310. The predicted octanol–water partition coefficient (Wildman–Crippen LogP) is 5.02. The molecular formula is C16H23Cl2N3O4. The Labute approximate surface area is 157 Å². The molecule has 1 heterocycles. The maximum absolute atomic E-state index is 12.5. The summed E-state index contributed by atoms with van der Waals surface area (Å²) in [5.41, 5.74) is -1.16. The third kappa shape index (κ3) is 6.32. The first-order valence-electron chi connectivity index (χ1n) is 7.73. The van der Waals surface area contributed by atoms with Gasteiger partial charge >= 0.3 is 12.2 Å². The lowest BCUT2D eigenvalue weighted by atomic mass is 10.2. The second kappa shape index (κ2) is 7.74. The number of rotatable bonds is 2. The molecule has 0 aliphatic carbocycles. The Morgan fingerprint density at radius 3 is 1.56 bits per heavy atom. The molecule has 0 aromatic carbocycles. The van der Waals surface area contributed by atoms with Crippen LogP contribution in [0.4, 0.5) is 15.5 Å². The smallest absolute Gasteiger partial charge is 0.427 e. The molecule has 0 spiro atoms. The lowest BCUT2D eigenvalue weighted by Gasteiger charge is -2.27. The Kier molecular flexibility index (Phi) is 6.64. The van der Waals surface area contributed by atoms with E-state index in [0.29, 0.717) is 16.9 Å². The van der Waals surface area contributed by atoms with Crippen LogP contribution in [0.15, 0.2) is 0 Å². The number of hydrogen-bond acceptors (Lipinski definition) is 6. The van der Waals surface area contributed by atoms with Crippen LogP contribution in [0.5, 0.6) is 0 Å². The molecule has 0 fully saturated rings. The van der Waals surface area contributed by atoms with Gasteiger partial charge in [-0.1, -0.05) is 30.1 Å². The first-order valence-corrected chi connectivity index (χ1v) is 8.48. The molecule has 9 heteroatoms. The SMILES string of the molecule is CCc1c(Cl)nc(N(C(=O)OC(C)(C)C)C(=O)OC(C)(C)C)nc1Cl. The summed E-state index contributed by atoms with van der Waals surface area (Å²) >= 11 is 12.2. The minimum Gasteiger partial charge on any atom is -0.443 e. The van der Waals surface area contributed by atoms with Crippen LogP contribution in [0.1, 0.15) is 54.0 Å². The van der Waals surface area contributed by atoms with Gasteiger partial charge in [0.15, 0.2) is 0 Å². The highest BCUT2D eigenvalue weighted by molar-refractivity contribution is 6.34. The van der Waals surface area contributed by atoms with Crippen molar-refractivity contribution < 1.29 is 19.1 Å². The number of amides is 2. The average molecular weight is 392 g/mol. The first-order chi connectivity index (χ1) is 11.2. The van der Waals surface area contributed by atoms with E-state index in [1.807, 2.05) is 6.92 Å².